The molecule has 1 aliphatic rings. The van der Waals surface area contributed by atoms with E-state index >= 15 is 0 Å². The van der Waals surface area contributed by atoms with Crippen LogP contribution >= 0.6 is 0 Å². The van der Waals surface area contributed by atoms with Crippen molar-refractivity contribution in [3.8, 4) is 0 Å². The summed E-state index contributed by atoms with van der Waals surface area (Å²) in [6.07, 6.45) is 1.17. The van der Waals surface area contributed by atoms with E-state index in [1.165, 1.54) is 17.5 Å². The molecule has 1 nitrogen and oxygen atoms in total. The van der Waals surface area contributed by atoms with Gasteiger partial charge in [-0.15, -0.1) is 0 Å². The van der Waals surface area contributed by atoms with Gasteiger partial charge >= 0.3 is 0 Å². The van der Waals surface area contributed by atoms with Crippen LogP contribution < -0.4 is 0 Å². The van der Waals surface area contributed by atoms with Crippen molar-refractivity contribution >= 4 is 0 Å². The smallest absolute Gasteiger partial charge is 0.0465 e. The second-order valence-corrected chi connectivity index (χ2v) is 3.70. The largest absolute Gasteiger partial charge is 0.396 e. The Bertz CT molecular complexity index is 263. The number of hydrogen-bond donors (Lipinski definition) is 1. The summed E-state index contributed by atoms with van der Waals surface area (Å²) in [5.74, 6) is 1.17. The average molecular weight is 192 g/mol. The summed E-state index contributed by atoms with van der Waals surface area (Å²) in [5.41, 5.74) is 2.69. The third kappa shape index (κ3) is 2.58. The second kappa shape index (κ2) is 5.16. The summed E-state index contributed by atoms with van der Waals surface area (Å²) in [7, 11) is 0. The highest BCUT2D eigenvalue weighted by atomic mass is 16.3. The van der Waals surface area contributed by atoms with E-state index < -0.39 is 0 Å². The lowest BCUT2D eigenvalue weighted by Crippen LogP contribution is -1.88. The Balaban J connectivity index is 0.000000461. The van der Waals surface area contributed by atoms with Crippen LogP contribution in [-0.2, 0) is 0 Å². The maximum atomic E-state index is 8.89. The van der Waals surface area contributed by atoms with Gasteiger partial charge in [-0.3, -0.25) is 0 Å². The number of benzene rings is 1. The lowest BCUT2D eigenvalue weighted by molar-refractivity contribution is 0.274. The van der Waals surface area contributed by atoms with Crippen molar-refractivity contribution in [2.24, 2.45) is 5.92 Å². The molecule has 0 amide bonds. The Hall–Kier alpha value is -0.820. The summed E-state index contributed by atoms with van der Waals surface area (Å²) >= 11 is 0. The van der Waals surface area contributed by atoms with Gasteiger partial charge in [0.25, 0.3) is 0 Å². The van der Waals surface area contributed by atoms with Crippen LogP contribution in [0.2, 0.25) is 0 Å². The number of hydrogen-bond acceptors (Lipinski definition) is 1. The van der Waals surface area contributed by atoms with Gasteiger partial charge in [-0.1, -0.05) is 43.7 Å². The van der Waals surface area contributed by atoms with Crippen LogP contribution in [0.4, 0.5) is 0 Å². The first-order valence-electron chi connectivity index (χ1n) is 5.48. The predicted molar refractivity (Wildman–Crippen MR) is 60.5 cm³/mol. The van der Waals surface area contributed by atoms with Crippen LogP contribution in [0.25, 0.3) is 0 Å². The molecule has 2 rings (SSSR count). The SMILES string of the molecule is CC.Cc1ccc(C2CC2CO)cc1. The fourth-order valence-corrected chi connectivity index (χ4v) is 1.67. The minimum Gasteiger partial charge on any atom is -0.396 e. The topological polar surface area (TPSA) is 20.2 Å². The third-order valence-electron chi connectivity index (χ3n) is 2.66. The molecule has 14 heavy (non-hydrogen) atoms. The molecule has 1 N–H and O–H groups in total. The molecule has 2 atom stereocenters. The summed E-state index contributed by atoms with van der Waals surface area (Å²) in [4.78, 5) is 0. The van der Waals surface area contributed by atoms with Gasteiger partial charge < -0.3 is 5.11 Å². The Labute approximate surface area is 86.8 Å². The summed E-state index contributed by atoms with van der Waals surface area (Å²) in [6, 6.07) is 8.63. The van der Waals surface area contributed by atoms with E-state index in [0.717, 1.165) is 0 Å². The summed E-state index contributed by atoms with van der Waals surface area (Å²) in [5, 5.41) is 8.89. The molecule has 0 saturated heterocycles. The Morgan fingerprint density at radius 2 is 1.79 bits per heavy atom. The van der Waals surface area contributed by atoms with Crippen molar-refractivity contribution in [2.75, 3.05) is 6.61 Å². The van der Waals surface area contributed by atoms with E-state index in [1.54, 1.807) is 0 Å². The highest BCUT2D eigenvalue weighted by Crippen LogP contribution is 2.46. The van der Waals surface area contributed by atoms with Gasteiger partial charge in [-0.2, -0.15) is 0 Å². The maximum absolute atomic E-state index is 8.89. The Morgan fingerprint density at radius 1 is 1.21 bits per heavy atom. The van der Waals surface area contributed by atoms with E-state index in [2.05, 4.69) is 31.2 Å². The molecule has 2 unspecified atom stereocenters. The highest BCUT2D eigenvalue weighted by Gasteiger charge is 2.37. The monoisotopic (exact) mass is 192 g/mol. The van der Waals surface area contributed by atoms with E-state index in [4.69, 9.17) is 5.11 Å². The first-order chi connectivity index (χ1) is 6.81. The summed E-state index contributed by atoms with van der Waals surface area (Å²) < 4.78 is 0. The summed E-state index contributed by atoms with van der Waals surface area (Å²) in [6.45, 7) is 6.44. The average Bonchev–Trinajstić information content (AvgIpc) is 3.01. The lowest BCUT2D eigenvalue weighted by atomic mass is 10.1. The van der Waals surface area contributed by atoms with Gasteiger partial charge in [0.15, 0.2) is 0 Å². The molecule has 1 aliphatic carbocycles. The fourth-order valence-electron chi connectivity index (χ4n) is 1.67. The quantitative estimate of drug-likeness (QED) is 0.763. The normalized spacial score (nSPS) is 23.7. The predicted octanol–water partition coefficient (Wildman–Crippen LogP) is 3.12. The molecular formula is C13H20O. The van der Waals surface area contributed by atoms with E-state index in [0.29, 0.717) is 18.4 Å². The minimum atomic E-state index is 0.346. The zero-order valence-electron chi connectivity index (χ0n) is 9.33. The van der Waals surface area contributed by atoms with Crippen molar-refractivity contribution in [3.05, 3.63) is 35.4 Å². The molecule has 1 saturated carbocycles. The number of aliphatic hydroxyl groups is 1. The van der Waals surface area contributed by atoms with Gasteiger partial charge in [0.05, 0.1) is 0 Å². The van der Waals surface area contributed by atoms with Crippen LogP contribution in [-0.4, -0.2) is 11.7 Å². The van der Waals surface area contributed by atoms with Gasteiger partial charge in [0.1, 0.15) is 0 Å². The second-order valence-electron chi connectivity index (χ2n) is 3.70. The van der Waals surface area contributed by atoms with Crippen LogP contribution in [0.15, 0.2) is 24.3 Å². The minimum absolute atomic E-state index is 0.346. The molecule has 0 aromatic heterocycles. The van der Waals surface area contributed by atoms with E-state index in [-0.39, 0.29) is 0 Å². The molecule has 1 aromatic rings. The van der Waals surface area contributed by atoms with Crippen molar-refractivity contribution in [1.82, 2.24) is 0 Å². The molecule has 0 bridgehead atoms. The maximum Gasteiger partial charge on any atom is 0.0465 e. The van der Waals surface area contributed by atoms with Crippen LogP contribution in [0, 0.1) is 12.8 Å². The Kier molecular flexibility index (Phi) is 4.15. The van der Waals surface area contributed by atoms with Gasteiger partial charge in [-0.05, 0) is 30.7 Å². The van der Waals surface area contributed by atoms with Crippen molar-refractivity contribution in [3.63, 3.8) is 0 Å². The number of aryl methyl sites for hydroxylation is 1. The first kappa shape index (κ1) is 11.3. The zero-order valence-corrected chi connectivity index (χ0v) is 9.33. The molecule has 1 heteroatoms. The fraction of sp³-hybridized carbons (Fsp3) is 0.538. The Morgan fingerprint density at radius 3 is 2.21 bits per heavy atom. The molecule has 0 radical (unpaired) electrons. The molecule has 0 heterocycles. The van der Waals surface area contributed by atoms with Crippen molar-refractivity contribution in [1.29, 1.82) is 0 Å². The highest BCUT2D eigenvalue weighted by molar-refractivity contribution is 5.28. The zero-order chi connectivity index (χ0) is 10.6. The number of rotatable bonds is 2. The van der Waals surface area contributed by atoms with Crippen LogP contribution in [0.1, 0.15) is 37.3 Å². The van der Waals surface area contributed by atoms with Crippen LogP contribution in [0.3, 0.4) is 0 Å². The van der Waals surface area contributed by atoms with Crippen molar-refractivity contribution < 1.29 is 5.11 Å². The molecule has 1 fully saturated rings. The van der Waals surface area contributed by atoms with Gasteiger partial charge in [0.2, 0.25) is 0 Å². The molecule has 78 valence electrons. The standard InChI is InChI=1S/C11H14O.C2H6/c1-8-2-4-9(5-3-8)11-6-10(11)7-12;1-2/h2-5,10-12H,6-7H2,1H3;1-2H3. The first-order valence-corrected chi connectivity index (χ1v) is 5.48. The van der Waals surface area contributed by atoms with Gasteiger partial charge in [0, 0.05) is 6.61 Å². The van der Waals surface area contributed by atoms with E-state index in [9.17, 15) is 0 Å². The van der Waals surface area contributed by atoms with Crippen LogP contribution in [0.5, 0.6) is 0 Å². The van der Waals surface area contributed by atoms with Crippen molar-refractivity contribution in [2.45, 2.75) is 33.1 Å². The lowest BCUT2D eigenvalue weighted by Gasteiger charge is -1.98. The third-order valence-corrected chi connectivity index (χ3v) is 2.66. The molecule has 1 aromatic carbocycles. The number of aliphatic hydroxyl groups excluding tert-OH is 1. The van der Waals surface area contributed by atoms with Gasteiger partial charge in [-0.25, -0.2) is 0 Å². The molecular weight excluding hydrogens is 172 g/mol. The van der Waals surface area contributed by atoms with E-state index in [1.807, 2.05) is 13.8 Å². The molecule has 0 spiro atoms. The molecule has 0 aliphatic heterocycles.